The van der Waals surface area contributed by atoms with Crippen LogP contribution in [0.4, 0.5) is 4.39 Å². The Kier molecular flexibility index (Phi) is 4.89. The first-order chi connectivity index (χ1) is 11.5. The van der Waals surface area contributed by atoms with Gasteiger partial charge in [0.05, 0.1) is 18.1 Å². The fraction of sp³-hybridized carbons (Fsp3) is 0.471. The fourth-order valence-corrected chi connectivity index (χ4v) is 2.86. The zero-order valence-electron chi connectivity index (χ0n) is 13.9. The Labute approximate surface area is 140 Å². The van der Waals surface area contributed by atoms with E-state index in [4.69, 9.17) is 4.42 Å². The van der Waals surface area contributed by atoms with E-state index in [0.29, 0.717) is 12.4 Å². The van der Waals surface area contributed by atoms with Crippen molar-refractivity contribution >= 4 is 5.91 Å². The van der Waals surface area contributed by atoms with E-state index in [9.17, 15) is 9.18 Å². The van der Waals surface area contributed by atoms with Crippen molar-refractivity contribution in [2.24, 2.45) is 0 Å². The quantitative estimate of drug-likeness (QED) is 0.860. The molecule has 128 valence electrons. The van der Waals surface area contributed by atoms with Gasteiger partial charge in [0.1, 0.15) is 5.82 Å². The number of hydrogen-bond donors (Lipinski definition) is 0. The highest BCUT2D eigenvalue weighted by Gasteiger charge is 2.25. The molecule has 0 saturated carbocycles. The number of rotatable bonds is 4. The summed E-state index contributed by atoms with van der Waals surface area (Å²) in [6.07, 6.45) is 4.58. The first-order valence-corrected chi connectivity index (χ1v) is 8.03. The molecule has 0 N–H and O–H groups in total. The number of aromatic nitrogens is 2. The topological polar surface area (TPSA) is 62.5 Å². The Hall–Kier alpha value is -2.28. The molecule has 24 heavy (non-hydrogen) atoms. The summed E-state index contributed by atoms with van der Waals surface area (Å²) in [5.74, 6) is 0.664. The number of oxazole rings is 1. The molecule has 2 aromatic rings. The summed E-state index contributed by atoms with van der Waals surface area (Å²) < 4.78 is 18.5. The predicted octanol–water partition coefficient (Wildman–Crippen LogP) is 2.29. The van der Waals surface area contributed by atoms with Gasteiger partial charge < -0.3 is 9.32 Å². The van der Waals surface area contributed by atoms with E-state index in [1.165, 1.54) is 23.4 Å². The first kappa shape index (κ1) is 16.6. The second-order valence-electron chi connectivity index (χ2n) is 6.28. The third kappa shape index (κ3) is 3.79. The van der Waals surface area contributed by atoms with Crippen molar-refractivity contribution in [1.29, 1.82) is 0 Å². The van der Waals surface area contributed by atoms with Gasteiger partial charge in [0.25, 0.3) is 5.91 Å². The Bertz CT molecular complexity index is 691. The molecule has 3 rings (SSSR count). The largest absolute Gasteiger partial charge is 0.435 e. The van der Waals surface area contributed by atoms with Crippen LogP contribution < -0.4 is 0 Å². The molecule has 0 spiro atoms. The van der Waals surface area contributed by atoms with Crippen LogP contribution in [-0.4, -0.2) is 52.9 Å². The van der Waals surface area contributed by atoms with Crippen LogP contribution in [0.1, 0.15) is 40.9 Å². The minimum absolute atomic E-state index is 0.173. The van der Waals surface area contributed by atoms with E-state index in [2.05, 4.69) is 14.9 Å². The summed E-state index contributed by atoms with van der Waals surface area (Å²) in [5, 5.41) is 0. The summed E-state index contributed by atoms with van der Waals surface area (Å²) >= 11 is 0. The smallest absolute Gasteiger partial charge is 0.290 e. The zero-order chi connectivity index (χ0) is 17.1. The molecule has 1 aliphatic heterocycles. The second kappa shape index (κ2) is 7.09. The van der Waals surface area contributed by atoms with Crippen LogP contribution in [0.5, 0.6) is 0 Å². The van der Waals surface area contributed by atoms with Crippen molar-refractivity contribution < 1.29 is 13.6 Å². The van der Waals surface area contributed by atoms with Gasteiger partial charge in [-0.2, -0.15) is 0 Å². The van der Waals surface area contributed by atoms with Gasteiger partial charge in [-0.3, -0.25) is 14.7 Å². The number of amides is 1. The van der Waals surface area contributed by atoms with Crippen LogP contribution in [0.3, 0.4) is 0 Å². The highest BCUT2D eigenvalue weighted by Crippen LogP contribution is 2.28. The maximum absolute atomic E-state index is 12.9. The SMILES string of the molecule is CN(C)C(=O)c1cnc(C2CCN(Cc3ccc(F)cn3)CC2)o1. The average molecular weight is 332 g/mol. The van der Waals surface area contributed by atoms with E-state index in [0.717, 1.165) is 31.6 Å². The van der Waals surface area contributed by atoms with E-state index >= 15 is 0 Å². The van der Waals surface area contributed by atoms with Crippen molar-refractivity contribution in [2.75, 3.05) is 27.2 Å². The fourth-order valence-electron chi connectivity index (χ4n) is 2.86. The lowest BCUT2D eigenvalue weighted by atomic mass is 9.96. The van der Waals surface area contributed by atoms with Gasteiger partial charge in [-0.15, -0.1) is 0 Å². The maximum Gasteiger partial charge on any atom is 0.290 e. The van der Waals surface area contributed by atoms with Gasteiger partial charge in [0.15, 0.2) is 5.89 Å². The first-order valence-electron chi connectivity index (χ1n) is 8.03. The lowest BCUT2D eigenvalue weighted by Gasteiger charge is -2.30. The number of halogens is 1. The van der Waals surface area contributed by atoms with Crippen molar-refractivity contribution in [3.63, 3.8) is 0 Å². The molecule has 0 bridgehead atoms. The predicted molar refractivity (Wildman–Crippen MR) is 86.0 cm³/mol. The lowest BCUT2D eigenvalue weighted by Crippen LogP contribution is -2.32. The minimum Gasteiger partial charge on any atom is -0.435 e. The molecule has 0 radical (unpaired) electrons. The molecule has 2 aromatic heterocycles. The number of nitrogens with zero attached hydrogens (tertiary/aromatic N) is 4. The molecule has 0 aromatic carbocycles. The van der Waals surface area contributed by atoms with Crippen molar-refractivity contribution in [1.82, 2.24) is 19.8 Å². The van der Waals surface area contributed by atoms with E-state index in [1.807, 2.05) is 0 Å². The number of carbonyl (C=O) groups is 1. The molecule has 0 aliphatic carbocycles. The van der Waals surface area contributed by atoms with Gasteiger partial charge >= 0.3 is 0 Å². The Morgan fingerprint density at radius 2 is 2.04 bits per heavy atom. The Morgan fingerprint density at radius 3 is 2.67 bits per heavy atom. The Morgan fingerprint density at radius 1 is 1.29 bits per heavy atom. The number of piperidine rings is 1. The van der Waals surface area contributed by atoms with Crippen LogP contribution in [-0.2, 0) is 6.54 Å². The molecule has 7 heteroatoms. The highest BCUT2D eigenvalue weighted by molar-refractivity contribution is 5.90. The molecule has 0 atom stereocenters. The summed E-state index contributed by atoms with van der Waals surface area (Å²) in [6.45, 7) is 2.50. The lowest BCUT2D eigenvalue weighted by molar-refractivity contribution is 0.0792. The maximum atomic E-state index is 12.9. The molecule has 1 aliphatic rings. The normalized spacial score (nSPS) is 16.3. The van der Waals surface area contributed by atoms with Crippen molar-refractivity contribution in [2.45, 2.75) is 25.3 Å². The molecule has 1 saturated heterocycles. The summed E-state index contributed by atoms with van der Waals surface area (Å²) in [5.41, 5.74) is 0.866. The summed E-state index contributed by atoms with van der Waals surface area (Å²) in [6, 6.07) is 3.15. The van der Waals surface area contributed by atoms with Gasteiger partial charge in [0, 0.05) is 26.6 Å². The summed E-state index contributed by atoms with van der Waals surface area (Å²) in [7, 11) is 3.37. The average Bonchev–Trinajstić information content (AvgIpc) is 3.07. The van der Waals surface area contributed by atoms with Gasteiger partial charge in [-0.1, -0.05) is 0 Å². The monoisotopic (exact) mass is 332 g/mol. The molecular weight excluding hydrogens is 311 g/mol. The number of pyridine rings is 1. The molecule has 3 heterocycles. The number of likely N-dealkylation sites (tertiary alicyclic amines) is 1. The second-order valence-corrected chi connectivity index (χ2v) is 6.28. The Balaban J connectivity index is 1.55. The summed E-state index contributed by atoms with van der Waals surface area (Å²) in [4.78, 5) is 24.0. The number of hydrogen-bond acceptors (Lipinski definition) is 5. The zero-order valence-corrected chi connectivity index (χ0v) is 13.9. The van der Waals surface area contributed by atoms with Crippen LogP contribution in [0, 0.1) is 5.82 Å². The van der Waals surface area contributed by atoms with Crippen LogP contribution >= 0.6 is 0 Å². The molecule has 0 unspecified atom stereocenters. The van der Waals surface area contributed by atoms with Gasteiger partial charge in [0.2, 0.25) is 5.76 Å². The van der Waals surface area contributed by atoms with E-state index < -0.39 is 0 Å². The van der Waals surface area contributed by atoms with Gasteiger partial charge in [-0.25, -0.2) is 9.37 Å². The van der Waals surface area contributed by atoms with E-state index in [1.54, 1.807) is 20.2 Å². The van der Waals surface area contributed by atoms with Crippen molar-refractivity contribution in [3.8, 4) is 0 Å². The van der Waals surface area contributed by atoms with Crippen LogP contribution in [0.2, 0.25) is 0 Å². The molecule has 1 fully saturated rings. The number of carbonyl (C=O) groups excluding carboxylic acids is 1. The third-order valence-electron chi connectivity index (χ3n) is 4.25. The standard InChI is InChI=1S/C17H21FN4O2/c1-21(2)17(23)15-10-20-16(24-15)12-5-7-22(8-6-12)11-14-4-3-13(18)9-19-14/h3-4,9-10,12H,5-8,11H2,1-2H3. The van der Waals surface area contributed by atoms with Crippen molar-refractivity contribution in [3.05, 3.63) is 47.7 Å². The molecular formula is C17H21FN4O2. The van der Waals surface area contributed by atoms with Gasteiger partial charge in [-0.05, 0) is 38.1 Å². The van der Waals surface area contributed by atoms with E-state index in [-0.39, 0.29) is 23.4 Å². The molecule has 6 nitrogen and oxygen atoms in total. The molecule has 1 amide bonds. The highest BCUT2D eigenvalue weighted by atomic mass is 19.1. The third-order valence-corrected chi connectivity index (χ3v) is 4.25. The van der Waals surface area contributed by atoms with Crippen LogP contribution in [0.15, 0.2) is 28.9 Å². The minimum atomic E-state index is -0.315. The van der Waals surface area contributed by atoms with Crippen LogP contribution in [0.25, 0.3) is 0 Å².